The average Bonchev–Trinajstić information content (AvgIpc) is 3.18. The van der Waals surface area contributed by atoms with Crippen LogP contribution in [-0.2, 0) is 4.79 Å². The van der Waals surface area contributed by atoms with Gasteiger partial charge in [-0.05, 0) is 18.4 Å². The summed E-state index contributed by atoms with van der Waals surface area (Å²) in [6.45, 7) is 1.97. The second kappa shape index (κ2) is 7.11. The van der Waals surface area contributed by atoms with E-state index in [1.165, 1.54) is 5.56 Å². The van der Waals surface area contributed by atoms with Crippen molar-refractivity contribution in [3.8, 4) is 0 Å². The number of hydrogen-bond acceptors (Lipinski definition) is 2. The van der Waals surface area contributed by atoms with Crippen molar-refractivity contribution >= 4 is 12.0 Å². The Bertz CT molecular complexity index is 490. The fourth-order valence-corrected chi connectivity index (χ4v) is 2.60. The standard InChI is InChI=1S/C16H22N2O3/c1-2-6-12(9-15(19)20)17-16(21)18-14-10-13(14)11-7-4-3-5-8-11/h3-5,7-8,12-14H,2,6,9-10H2,1H3,(H,19,20)(H2,17,18,21). The van der Waals surface area contributed by atoms with Gasteiger partial charge in [0.25, 0.3) is 0 Å². The molecule has 0 heterocycles. The molecule has 114 valence electrons. The SMILES string of the molecule is CCCC(CC(=O)O)NC(=O)NC1CC1c1ccccc1. The minimum atomic E-state index is -0.887. The molecule has 1 aliphatic rings. The van der Waals surface area contributed by atoms with Gasteiger partial charge < -0.3 is 15.7 Å². The molecule has 2 rings (SSSR count). The van der Waals surface area contributed by atoms with Crippen LogP contribution >= 0.6 is 0 Å². The van der Waals surface area contributed by atoms with Crippen LogP contribution in [-0.4, -0.2) is 29.2 Å². The van der Waals surface area contributed by atoms with E-state index in [2.05, 4.69) is 22.8 Å². The van der Waals surface area contributed by atoms with Gasteiger partial charge in [-0.2, -0.15) is 0 Å². The lowest BCUT2D eigenvalue weighted by Crippen LogP contribution is -2.44. The molecule has 0 saturated heterocycles. The van der Waals surface area contributed by atoms with Crippen LogP contribution in [0.1, 0.15) is 44.1 Å². The summed E-state index contributed by atoms with van der Waals surface area (Å²) >= 11 is 0. The van der Waals surface area contributed by atoms with E-state index in [0.29, 0.717) is 12.3 Å². The van der Waals surface area contributed by atoms with Crippen LogP contribution in [0.15, 0.2) is 30.3 Å². The molecule has 0 aromatic heterocycles. The first-order chi connectivity index (χ1) is 10.1. The highest BCUT2D eigenvalue weighted by molar-refractivity contribution is 5.76. The van der Waals surface area contributed by atoms with Crippen LogP contribution in [0.2, 0.25) is 0 Å². The lowest BCUT2D eigenvalue weighted by Gasteiger charge is -2.16. The van der Waals surface area contributed by atoms with E-state index < -0.39 is 5.97 Å². The van der Waals surface area contributed by atoms with Crippen molar-refractivity contribution in [3.63, 3.8) is 0 Å². The molecule has 1 aliphatic carbocycles. The minimum Gasteiger partial charge on any atom is -0.481 e. The molecule has 3 atom stereocenters. The number of rotatable bonds is 7. The molecule has 5 heteroatoms. The van der Waals surface area contributed by atoms with E-state index in [1.807, 2.05) is 25.1 Å². The molecule has 3 unspecified atom stereocenters. The van der Waals surface area contributed by atoms with Crippen molar-refractivity contribution in [2.45, 2.75) is 50.6 Å². The van der Waals surface area contributed by atoms with Gasteiger partial charge in [-0.3, -0.25) is 4.79 Å². The van der Waals surface area contributed by atoms with Gasteiger partial charge in [-0.25, -0.2) is 4.79 Å². The Labute approximate surface area is 124 Å². The quantitative estimate of drug-likeness (QED) is 0.722. The zero-order valence-electron chi connectivity index (χ0n) is 12.2. The molecule has 0 radical (unpaired) electrons. The number of carbonyl (C=O) groups excluding carboxylic acids is 1. The lowest BCUT2D eigenvalue weighted by atomic mass is 10.1. The van der Waals surface area contributed by atoms with Crippen molar-refractivity contribution in [3.05, 3.63) is 35.9 Å². The number of amides is 2. The summed E-state index contributed by atoms with van der Waals surface area (Å²) in [5, 5.41) is 14.5. The predicted molar refractivity (Wildman–Crippen MR) is 80.2 cm³/mol. The third kappa shape index (κ3) is 4.77. The Kier molecular flexibility index (Phi) is 5.20. The molecule has 3 N–H and O–H groups in total. The molecule has 1 saturated carbocycles. The monoisotopic (exact) mass is 290 g/mol. The van der Waals surface area contributed by atoms with Gasteiger partial charge in [0.1, 0.15) is 0 Å². The molecular weight excluding hydrogens is 268 g/mol. The van der Waals surface area contributed by atoms with Crippen molar-refractivity contribution in [2.24, 2.45) is 0 Å². The summed E-state index contributed by atoms with van der Waals surface area (Å²) in [5.74, 6) is -0.511. The van der Waals surface area contributed by atoms with E-state index in [9.17, 15) is 9.59 Å². The number of carboxylic acids is 1. The molecule has 1 aromatic rings. The summed E-state index contributed by atoms with van der Waals surface area (Å²) < 4.78 is 0. The number of carbonyl (C=O) groups is 2. The molecule has 21 heavy (non-hydrogen) atoms. The first-order valence-electron chi connectivity index (χ1n) is 7.44. The Hall–Kier alpha value is -2.04. The maximum absolute atomic E-state index is 11.9. The minimum absolute atomic E-state index is 0.0337. The number of carboxylic acid groups (broad SMARTS) is 1. The molecule has 0 aliphatic heterocycles. The van der Waals surface area contributed by atoms with Gasteiger partial charge >= 0.3 is 12.0 Å². The largest absolute Gasteiger partial charge is 0.481 e. The van der Waals surface area contributed by atoms with Crippen LogP contribution in [0.4, 0.5) is 4.79 Å². The fraction of sp³-hybridized carbons (Fsp3) is 0.500. The second-order valence-corrected chi connectivity index (χ2v) is 5.56. The fourth-order valence-electron chi connectivity index (χ4n) is 2.60. The van der Waals surface area contributed by atoms with Gasteiger partial charge in [0.2, 0.25) is 0 Å². The maximum atomic E-state index is 11.9. The summed E-state index contributed by atoms with van der Waals surface area (Å²) in [6, 6.07) is 9.67. The first-order valence-corrected chi connectivity index (χ1v) is 7.44. The van der Waals surface area contributed by atoms with Gasteiger partial charge in [0, 0.05) is 18.0 Å². The highest BCUT2D eigenvalue weighted by atomic mass is 16.4. The van der Waals surface area contributed by atoms with E-state index in [0.717, 1.165) is 12.8 Å². The molecule has 0 spiro atoms. The van der Waals surface area contributed by atoms with Crippen LogP contribution < -0.4 is 10.6 Å². The topological polar surface area (TPSA) is 78.4 Å². The zero-order valence-corrected chi connectivity index (χ0v) is 12.2. The van der Waals surface area contributed by atoms with E-state index in [-0.39, 0.29) is 24.5 Å². The van der Waals surface area contributed by atoms with E-state index >= 15 is 0 Å². The third-order valence-electron chi connectivity index (χ3n) is 3.73. The molecule has 1 fully saturated rings. The van der Waals surface area contributed by atoms with Gasteiger partial charge in [0.05, 0.1) is 6.42 Å². The van der Waals surface area contributed by atoms with Gasteiger partial charge in [0.15, 0.2) is 0 Å². The predicted octanol–water partition coefficient (Wildman–Crippen LogP) is 2.49. The van der Waals surface area contributed by atoms with Crippen molar-refractivity contribution in [1.82, 2.24) is 10.6 Å². The number of nitrogens with one attached hydrogen (secondary N) is 2. The molecular formula is C16H22N2O3. The van der Waals surface area contributed by atoms with E-state index in [1.54, 1.807) is 0 Å². The Balaban J connectivity index is 1.78. The van der Waals surface area contributed by atoms with E-state index in [4.69, 9.17) is 5.11 Å². The first kappa shape index (κ1) is 15.4. The Morgan fingerprint density at radius 3 is 2.67 bits per heavy atom. The van der Waals surface area contributed by atoms with Crippen molar-refractivity contribution in [1.29, 1.82) is 0 Å². The second-order valence-electron chi connectivity index (χ2n) is 5.56. The maximum Gasteiger partial charge on any atom is 0.315 e. The number of aliphatic carboxylic acids is 1. The Morgan fingerprint density at radius 2 is 2.05 bits per heavy atom. The third-order valence-corrected chi connectivity index (χ3v) is 3.73. The summed E-state index contributed by atoms with van der Waals surface area (Å²) in [4.78, 5) is 22.7. The summed E-state index contributed by atoms with van der Waals surface area (Å²) in [5.41, 5.74) is 1.23. The summed E-state index contributed by atoms with van der Waals surface area (Å²) in [6.07, 6.45) is 2.42. The zero-order chi connectivity index (χ0) is 15.2. The summed E-state index contributed by atoms with van der Waals surface area (Å²) in [7, 11) is 0. The van der Waals surface area contributed by atoms with Crippen LogP contribution in [0.5, 0.6) is 0 Å². The smallest absolute Gasteiger partial charge is 0.315 e. The van der Waals surface area contributed by atoms with Crippen molar-refractivity contribution < 1.29 is 14.7 Å². The highest BCUT2D eigenvalue weighted by Crippen LogP contribution is 2.40. The molecule has 5 nitrogen and oxygen atoms in total. The molecule has 2 amide bonds. The van der Waals surface area contributed by atoms with Crippen LogP contribution in [0, 0.1) is 0 Å². The van der Waals surface area contributed by atoms with Crippen molar-refractivity contribution in [2.75, 3.05) is 0 Å². The van der Waals surface area contributed by atoms with Crippen LogP contribution in [0.3, 0.4) is 0 Å². The highest BCUT2D eigenvalue weighted by Gasteiger charge is 2.39. The normalized spacial score (nSPS) is 21.4. The number of hydrogen-bond donors (Lipinski definition) is 3. The lowest BCUT2D eigenvalue weighted by molar-refractivity contribution is -0.137. The number of benzene rings is 1. The molecule has 1 aromatic carbocycles. The average molecular weight is 290 g/mol. The van der Waals surface area contributed by atoms with Gasteiger partial charge in [-0.15, -0.1) is 0 Å². The Morgan fingerprint density at radius 1 is 1.33 bits per heavy atom. The van der Waals surface area contributed by atoms with Gasteiger partial charge in [-0.1, -0.05) is 43.7 Å². The molecule has 0 bridgehead atoms. The number of urea groups is 1. The van der Waals surface area contributed by atoms with Crippen LogP contribution in [0.25, 0.3) is 0 Å².